The third-order valence-electron chi connectivity index (χ3n) is 3.49. The van der Waals surface area contributed by atoms with E-state index in [1.165, 1.54) is 18.2 Å². The van der Waals surface area contributed by atoms with Gasteiger partial charge in [-0.25, -0.2) is 8.42 Å². The first-order chi connectivity index (χ1) is 11.1. The van der Waals surface area contributed by atoms with Gasteiger partial charge in [-0.2, -0.15) is 13.2 Å². The van der Waals surface area contributed by atoms with Gasteiger partial charge in [-0.3, -0.25) is 0 Å². The van der Waals surface area contributed by atoms with Crippen LogP contribution < -0.4 is 4.74 Å². The first-order valence-electron chi connectivity index (χ1n) is 7.16. The molecule has 2 aromatic carbocycles. The molecule has 0 radical (unpaired) electrons. The van der Waals surface area contributed by atoms with E-state index < -0.39 is 21.1 Å². The lowest BCUT2D eigenvalue weighted by Gasteiger charge is -2.13. The lowest BCUT2D eigenvalue weighted by atomic mass is 10.1. The zero-order chi connectivity index (χ0) is 18.0. The fraction of sp³-hybridized carbons (Fsp3) is 0.294. The van der Waals surface area contributed by atoms with Crippen LogP contribution in [0.3, 0.4) is 0 Å². The summed E-state index contributed by atoms with van der Waals surface area (Å²) in [6, 6.07) is 11.7. The highest BCUT2D eigenvalue weighted by atomic mass is 32.2. The molecule has 7 heteroatoms. The summed E-state index contributed by atoms with van der Waals surface area (Å²) in [6.45, 7) is 3.94. The molecule has 3 nitrogen and oxygen atoms in total. The van der Waals surface area contributed by atoms with E-state index in [4.69, 9.17) is 4.74 Å². The van der Waals surface area contributed by atoms with Crippen LogP contribution in [0.2, 0.25) is 0 Å². The molecule has 0 aliphatic heterocycles. The van der Waals surface area contributed by atoms with Gasteiger partial charge in [-0.15, -0.1) is 0 Å². The molecule has 24 heavy (non-hydrogen) atoms. The number of rotatable bonds is 5. The van der Waals surface area contributed by atoms with Gasteiger partial charge in [-0.1, -0.05) is 42.5 Å². The van der Waals surface area contributed by atoms with Crippen molar-refractivity contribution in [3.63, 3.8) is 0 Å². The van der Waals surface area contributed by atoms with Crippen molar-refractivity contribution in [3.8, 4) is 5.75 Å². The Morgan fingerprint density at radius 1 is 0.958 bits per heavy atom. The average molecular weight is 358 g/mol. The number of ether oxygens (including phenoxy) is 1. The number of hydrogen-bond acceptors (Lipinski definition) is 3. The third kappa shape index (κ3) is 4.29. The lowest BCUT2D eigenvalue weighted by molar-refractivity contribution is -0.0437. The summed E-state index contributed by atoms with van der Waals surface area (Å²) in [4.78, 5) is 0. The summed E-state index contributed by atoms with van der Waals surface area (Å²) in [5.41, 5.74) is -2.67. The molecule has 0 spiro atoms. The van der Waals surface area contributed by atoms with E-state index in [-0.39, 0.29) is 12.2 Å². The van der Waals surface area contributed by atoms with Gasteiger partial charge in [0.1, 0.15) is 12.4 Å². The number of alkyl halides is 3. The van der Waals surface area contributed by atoms with Crippen molar-refractivity contribution < 1.29 is 26.3 Å². The Labute approximate surface area is 139 Å². The van der Waals surface area contributed by atoms with Crippen LogP contribution >= 0.6 is 0 Å². The van der Waals surface area contributed by atoms with Gasteiger partial charge < -0.3 is 4.74 Å². The molecule has 0 amide bonds. The van der Waals surface area contributed by atoms with Gasteiger partial charge >= 0.3 is 5.51 Å². The minimum atomic E-state index is -5.25. The van der Waals surface area contributed by atoms with Crippen molar-refractivity contribution in [2.24, 2.45) is 0 Å². The summed E-state index contributed by atoms with van der Waals surface area (Å²) >= 11 is 0. The maximum Gasteiger partial charge on any atom is 0.497 e. The van der Waals surface area contributed by atoms with Crippen molar-refractivity contribution in [1.29, 1.82) is 0 Å². The zero-order valence-corrected chi connectivity index (χ0v) is 14.0. The van der Waals surface area contributed by atoms with Crippen LogP contribution in [0.15, 0.2) is 42.5 Å². The number of hydrogen-bond donors (Lipinski definition) is 0. The predicted octanol–water partition coefficient (Wildman–Crippen LogP) is 4.32. The van der Waals surface area contributed by atoms with Gasteiger partial charge in [-0.05, 0) is 36.1 Å². The highest BCUT2D eigenvalue weighted by molar-refractivity contribution is 7.91. The maximum absolute atomic E-state index is 12.5. The van der Waals surface area contributed by atoms with E-state index in [0.29, 0.717) is 11.3 Å². The van der Waals surface area contributed by atoms with Crippen LogP contribution in [-0.2, 0) is 22.2 Å². The van der Waals surface area contributed by atoms with Crippen LogP contribution in [0.4, 0.5) is 13.2 Å². The van der Waals surface area contributed by atoms with E-state index in [0.717, 1.165) is 11.1 Å². The third-order valence-corrected chi connectivity index (χ3v) is 4.91. The monoisotopic (exact) mass is 358 g/mol. The molecule has 0 heterocycles. The fourth-order valence-electron chi connectivity index (χ4n) is 2.29. The normalized spacial score (nSPS) is 12.2. The molecular formula is C17H17F3O3S. The van der Waals surface area contributed by atoms with Gasteiger partial charge in [0.15, 0.2) is 0 Å². The molecule has 130 valence electrons. The topological polar surface area (TPSA) is 43.4 Å². The van der Waals surface area contributed by atoms with Gasteiger partial charge in [0.25, 0.3) is 9.84 Å². The number of aryl methyl sites for hydroxylation is 2. The molecule has 0 unspecified atom stereocenters. The summed E-state index contributed by atoms with van der Waals surface area (Å²) in [5.74, 6) is -0.362. The van der Waals surface area contributed by atoms with Crippen LogP contribution in [0.1, 0.15) is 22.3 Å². The second kappa shape index (κ2) is 6.84. The Kier molecular flexibility index (Phi) is 5.22. The molecule has 0 aliphatic rings. The van der Waals surface area contributed by atoms with Crippen LogP contribution in [0.25, 0.3) is 0 Å². The number of benzene rings is 2. The fourth-order valence-corrected chi connectivity index (χ4v) is 3.07. The van der Waals surface area contributed by atoms with E-state index in [2.05, 4.69) is 0 Å². The number of para-hydroxylation sites is 1. The molecule has 2 rings (SSSR count). The minimum absolute atomic E-state index is 0.0786. The van der Waals surface area contributed by atoms with E-state index in [9.17, 15) is 21.6 Å². The van der Waals surface area contributed by atoms with Crippen molar-refractivity contribution in [2.45, 2.75) is 31.7 Å². The molecule has 0 saturated heterocycles. The highest BCUT2D eigenvalue weighted by Gasteiger charge is 2.45. The number of halogens is 3. The lowest BCUT2D eigenvalue weighted by Crippen LogP contribution is -2.24. The molecule has 0 saturated carbocycles. The van der Waals surface area contributed by atoms with Gasteiger partial charge in [0.05, 0.1) is 5.75 Å². The van der Waals surface area contributed by atoms with E-state index >= 15 is 0 Å². The van der Waals surface area contributed by atoms with Crippen LogP contribution in [0.5, 0.6) is 5.75 Å². The van der Waals surface area contributed by atoms with Crippen molar-refractivity contribution in [2.75, 3.05) is 0 Å². The second-order valence-electron chi connectivity index (χ2n) is 5.53. The standard InChI is InChI=1S/C17H17F3O3S/c1-12-5-3-6-13(2)16(12)23-10-14-7-4-8-15(9-14)11-24(21,22)17(18,19)20/h3-9H,10-11H2,1-2H3. The smallest absolute Gasteiger partial charge is 0.488 e. The molecule has 0 N–H and O–H groups in total. The Hall–Kier alpha value is -2.02. The molecular weight excluding hydrogens is 341 g/mol. The quantitative estimate of drug-likeness (QED) is 0.800. The summed E-state index contributed by atoms with van der Waals surface area (Å²) < 4.78 is 65.6. The largest absolute Gasteiger partial charge is 0.497 e. The van der Waals surface area contributed by atoms with Crippen LogP contribution in [-0.4, -0.2) is 13.9 Å². The average Bonchev–Trinajstić information content (AvgIpc) is 2.45. The van der Waals surface area contributed by atoms with E-state index in [1.54, 1.807) is 6.07 Å². The molecule has 0 fully saturated rings. The molecule has 0 atom stereocenters. The summed E-state index contributed by atoms with van der Waals surface area (Å²) in [5, 5.41) is 0. The Morgan fingerprint density at radius 3 is 2.08 bits per heavy atom. The van der Waals surface area contributed by atoms with Gasteiger partial charge in [0, 0.05) is 0 Å². The van der Waals surface area contributed by atoms with Crippen molar-refractivity contribution in [1.82, 2.24) is 0 Å². The Morgan fingerprint density at radius 2 is 1.50 bits per heavy atom. The van der Waals surface area contributed by atoms with Gasteiger partial charge in [0.2, 0.25) is 0 Å². The predicted molar refractivity (Wildman–Crippen MR) is 85.4 cm³/mol. The minimum Gasteiger partial charge on any atom is -0.488 e. The highest BCUT2D eigenvalue weighted by Crippen LogP contribution is 2.27. The second-order valence-corrected chi connectivity index (χ2v) is 7.52. The SMILES string of the molecule is Cc1cccc(C)c1OCc1cccc(CS(=O)(=O)C(F)(F)F)c1. The maximum atomic E-state index is 12.5. The van der Waals surface area contributed by atoms with Crippen molar-refractivity contribution >= 4 is 9.84 Å². The van der Waals surface area contributed by atoms with Crippen LogP contribution in [0, 0.1) is 13.8 Å². The summed E-state index contributed by atoms with van der Waals surface area (Å²) in [7, 11) is -5.19. The first-order valence-corrected chi connectivity index (χ1v) is 8.81. The summed E-state index contributed by atoms with van der Waals surface area (Å²) in [6.07, 6.45) is 0. The molecule has 0 aliphatic carbocycles. The molecule has 0 bridgehead atoms. The molecule has 2 aromatic rings. The van der Waals surface area contributed by atoms with Crippen molar-refractivity contribution in [3.05, 3.63) is 64.7 Å². The molecule has 0 aromatic heterocycles. The Bertz CT molecular complexity index is 807. The van der Waals surface area contributed by atoms with E-state index in [1.807, 2.05) is 32.0 Å². The Balaban J connectivity index is 2.14. The number of sulfone groups is 1. The first kappa shape index (κ1) is 18.3. The zero-order valence-electron chi connectivity index (χ0n) is 13.2.